The molecule has 4 bridgehead atoms. The van der Waals surface area contributed by atoms with Gasteiger partial charge < -0.3 is 10.1 Å². The molecule has 9 heteroatoms. The van der Waals surface area contributed by atoms with Crippen LogP contribution in [0.1, 0.15) is 56.1 Å². The minimum Gasteiger partial charge on any atom is -0.467 e. The first-order valence-electron chi connectivity index (χ1n) is 13.8. The second-order valence-corrected chi connectivity index (χ2v) is 13.2. The molecular weight excluding hydrogens is 548 g/mol. The number of benzene rings is 2. The van der Waals surface area contributed by atoms with Crippen LogP contribution in [0.4, 0.5) is 5.95 Å². The van der Waals surface area contributed by atoms with Crippen LogP contribution in [0, 0.1) is 19.3 Å². The lowest BCUT2D eigenvalue weighted by molar-refractivity contribution is 0.0901. The van der Waals surface area contributed by atoms with Crippen LogP contribution in [0.25, 0.3) is 11.3 Å². The molecule has 42 heavy (non-hydrogen) atoms. The number of amides is 1. The lowest BCUT2D eigenvalue weighted by atomic mass is 9.85. The SMILES string of the molecule is C=C(/C=C\C(=C/C)C(C)(C)C)[C@@H]1Oc2cc(-c3c(C)cccc3C)nc(n2)NS(=O)(=O)c2cccc(c2)C(=O)N[C@H]1C. The number of anilines is 1. The fraction of sp³-hybridized carbons (Fsp3) is 0.303. The average Bonchev–Trinajstić information content (AvgIpc) is 2.90. The fourth-order valence-corrected chi connectivity index (χ4v) is 5.92. The molecule has 2 aromatic carbocycles. The van der Waals surface area contributed by atoms with Gasteiger partial charge in [0.05, 0.1) is 16.6 Å². The molecule has 0 unspecified atom stereocenters. The summed E-state index contributed by atoms with van der Waals surface area (Å²) in [5.41, 5.74) is 5.09. The summed E-state index contributed by atoms with van der Waals surface area (Å²) in [4.78, 5) is 22.2. The molecule has 3 aromatic rings. The molecule has 1 amide bonds. The van der Waals surface area contributed by atoms with E-state index >= 15 is 0 Å². The highest BCUT2D eigenvalue weighted by Gasteiger charge is 2.27. The van der Waals surface area contributed by atoms with Crippen molar-refractivity contribution in [2.45, 2.75) is 65.5 Å². The van der Waals surface area contributed by atoms with Gasteiger partial charge in [-0.05, 0) is 73.6 Å². The highest BCUT2D eigenvalue weighted by molar-refractivity contribution is 7.92. The highest BCUT2D eigenvalue weighted by atomic mass is 32.2. The van der Waals surface area contributed by atoms with Crippen molar-refractivity contribution in [1.82, 2.24) is 15.3 Å². The number of nitrogens with one attached hydrogen (secondary N) is 2. The predicted octanol–water partition coefficient (Wildman–Crippen LogP) is 6.55. The zero-order valence-electron chi connectivity index (χ0n) is 25.1. The fourth-order valence-electron chi connectivity index (χ4n) is 4.93. The van der Waals surface area contributed by atoms with Crippen LogP contribution in [0.2, 0.25) is 0 Å². The van der Waals surface area contributed by atoms with Crippen LogP contribution in [0.3, 0.4) is 0 Å². The van der Waals surface area contributed by atoms with Crippen molar-refractivity contribution in [3.8, 4) is 17.1 Å². The van der Waals surface area contributed by atoms with Gasteiger partial charge in [0, 0.05) is 17.2 Å². The van der Waals surface area contributed by atoms with E-state index in [1.165, 1.54) is 18.2 Å². The lowest BCUT2D eigenvalue weighted by Crippen LogP contribution is -2.44. The molecule has 1 aliphatic rings. The number of sulfonamides is 1. The van der Waals surface area contributed by atoms with Crippen molar-refractivity contribution in [2.75, 3.05) is 4.72 Å². The molecule has 1 aromatic heterocycles. The zero-order valence-corrected chi connectivity index (χ0v) is 26.0. The van der Waals surface area contributed by atoms with Gasteiger partial charge in [0.25, 0.3) is 15.9 Å². The van der Waals surface area contributed by atoms with Crippen LogP contribution in [-0.2, 0) is 10.0 Å². The molecule has 0 saturated heterocycles. The first kappa shape index (κ1) is 30.7. The summed E-state index contributed by atoms with van der Waals surface area (Å²) in [6.45, 7) is 18.4. The van der Waals surface area contributed by atoms with Crippen LogP contribution < -0.4 is 14.8 Å². The Kier molecular flexibility index (Phi) is 8.73. The van der Waals surface area contributed by atoms with Gasteiger partial charge in [-0.15, -0.1) is 0 Å². The molecule has 2 heterocycles. The molecule has 0 aliphatic carbocycles. The Morgan fingerprint density at radius 3 is 2.33 bits per heavy atom. The maximum Gasteiger partial charge on any atom is 0.264 e. The number of aryl methyl sites for hydroxylation is 2. The van der Waals surface area contributed by atoms with Gasteiger partial charge in [0.1, 0.15) is 6.10 Å². The summed E-state index contributed by atoms with van der Waals surface area (Å²) in [6, 6.07) is 12.8. The second kappa shape index (κ2) is 11.9. The minimum atomic E-state index is -4.13. The van der Waals surface area contributed by atoms with Gasteiger partial charge in [-0.3, -0.25) is 4.79 Å². The number of carbonyl (C=O) groups is 1. The van der Waals surface area contributed by atoms with E-state index in [0.29, 0.717) is 11.3 Å². The van der Waals surface area contributed by atoms with Crippen molar-refractivity contribution in [2.24, 2.45) is 5.41 Å². The maximum absolute atomic E-state index is 13.4. The third kappa shape index (κ3) is 6.79. The Morgan fingerprint density at radius 1 is 1.02 bits per heavy atom. The second-order valence-electron chi connectivity index (χ2n) is 11.5. The first-order valence-corrected chi connectivity index (χ1v) is 15.3. The van der Waals surface area contributed by atoms with Gasteiger partial charge in [0.15, 0.2) is 0 Å². The van der Waals surface area contributed by atoms with E-state index in [2.05, 4.69) is 47.4 Å². The van der Waals surface area contributed by atoms with Crippen LogP contribution in [0.5, 0.6) is 5.88 Å². The quantitative estimate of drug-likeness (QED) is 0.336. The monoisotopic (exact) mass is 586 g/mol. The van der Waals surface area contributed by atoms with Gasteiger partial charge in [0.2, 0.25) is 11.8 Å². The van der Waals surface area contributed by atoms with E-state index in [1.54, 1.807) is 12.1 Å². The van der Waals surface area contributed by atoms with Crippen molar-refractivity contribution >= 4 is 21.9 Å². The van der Waals surface area contributed by atoms with Crippen LogP contribution in [-0.4, -0.2) is 36.4 Å². The van der Waals surface area contributed by atoms with E-state index < -0.39 is 28.1 Å². The number of hydrogen-bond acceptors (Lipinski definition) is 6. The predicted molar refractivity (Wildman–Crippen MR) is 167 cm³/mol. The molecule has 2 N–H and O–H groups in total. The summed E-state index contributed by atoms with van der Waals surface area (Å²) < 4.78 is 35.7. The van der Waals surface area contributed by atoms with Crippen molar-refractivity contribution in [3.63, 3.8) is 0 Å². The molecule has 0 fully saturated rings. The highest BCUT2D eigenvalue weighted by Crippen LogP contribution is 2.31. The number of carbonyl (C=O) groups excluding carboxylic acids is 1. The number of rotatable bonds is 4. The van der Waals surface area contributed by atoms with Crippen molar-refractivity contribution < 1.29 is 17.9 Å². The molecular formula is C33H38N4O4S. The number of fused-ring (bicyclic) bond motifs is 4. The number of allylic oxidation sites excluding steroid dienone is 3. The number of ether oxygens (including phenoxy) is 1. The number of nitrogens with zero attached hydrogens (tertiary/aromatic N) is 2. The van der Waals surface area contributed by atoms with Crippen LogP contribution in [0.15, 0.2) is 89.4 Å². The Bertz CT molecular complexity index is 1680. The largest absolute Gasteiger partial charge is 0.467 e. The van der Waals surface area contributed by atoms with E-state index in [4.69, 9.17) is 4.74 Å². The van der Waals surface area contributed by atoms with Crippen molar-refractivity contribution in [3.05, 3.63) is 101 Å². The van der Waals surface area contributed by atoms with E-state index in [-0.39, 0.29) is 27.7 Å². The van der Waals surface area contributed by atoms with Gasteiger partial charge in [-0.2, -0.15) is 4.98 Å². The summed E-state index contributed by atoms with van der Waals surface area (Å²) in [5.74, 6) is -0.457. The number of aromatic nitrogens is 2. The summed E-state index contributed by atoms with van der Waals surface area (Å²) in [5, 5.41) is 2.96. The molecule has 8 nitrogen and oxygen atoms in total. The molecule has 1 aliphatic heterocycles. The molecule has 4 rings (SSSR count). The van der Waals surface area contributed by atoms with E-state index in [9.17, 15) is 13.2 Å². The van der Waals surface area contributed by atoms with Crippen LogP contribution >= 0.6 is 0 Å². The maximum atomic E-state index is 13.4. The third-order valence-corrected chi connectivity index (χ3v) is 8.48. The molecule has 0 radical (unpaired) electrons. The molecule has 0 spiro atoms. The normalized spacial score (nSPS) is 19.0. The first-order chi connectivity index (χ1) is 19.7. The van der Waals surface area contributed by atoms with Gasteiger partial charge in [-0.1, -0.05) is 69.8 Å². The van der Waals surface area contributed by atoms with Crippen molar-refractivity contribution in [1.29, 1.82) is 0 Å². The lowest BCUT2D eigenvalue weighted by Gasteiger charge is -2.27. The molecule has 2 atom stereocenters. The molecule has 220 valence electrons. The molecule has 0 saturated carbocycles. The summed E-state index contributed by atoms with van der Waals surface area (Å²) >= 11 is 0. The summed E-state index contributed by atoms with van der Waals surface area (Å²) in [7, 11) is -4.13. The average molecular weight is 587 g/mol. The Labute approximate surface area is 248 Å². The number of hydrogen-bond donors (Lipinski definition) is 2. The Hall–Kier alpha value is -4.24. The third-order valence-electron chi connectivity index (χ3n) is 7.15. The topological polar surface area (TPSA) is 110 Å². The Morgan fingerprint density at radius 2 is 1.69 bits per heavy atom. The minimum absolute atomic E-state index is 0.0823. The van der Waals surface area contributed by atoms with E-state index in [0.717, 1.165) is 22.3 Å². The van der Waals surface area contributed by atoms with Gasteiger partial charge in [-0.25, -0.2) is 18.1 Å². The Balaban J connectivity index is 1.89. The smallest absolute Gasteiger partial charge is 0.264 e. The standard InChI is InChI=1S/C33H38N4O4S/c1-9-25(33(6,7)8)17-16-22(4)30-23(5)34-31(38)24-14-11-15-26(18-24)42(39,40)37-32-35-27(19-28(36-32)41-30)29-20(2)12-10-13-21(29)3/h9-19,23,30H,4H2,1-3,5-8H3,(H,34,38)(H,35,36,37)/b17-16-,25-9+/t23-,30-/m0/s1. The van der Waals surface area contributed by atoms with Gasteiger partial charge >= 0.3 is 0 Å². The summed E-state index contributed by atoms with van der Waals surface area (Å²) in [6.07, 6.45) is 5.18. The van der Waals surface area contributed by atoms with E-state index in [1.807, 2.05) is 64.1 Å². The zero-order chi connectivity index (χ0) is 30.8.